The predicted octanol–water partition coefficient (Wildman–Crippen LogP) is 25.1. The number of aryl methyl sites for hydroxylation is 6. The molecule has 446 valence electrons. The zero-order valence-electron chi connectivity index (χ0n) is 54.6. The Kier molecular flexibility index (Phi) is 21.6. The Morgan fingerprint density at radius 1 is 0.311 bits per heavy atom. The van der Waals surface area contributed by atoms with Crippen molar-refractivity contribution in [1.82, 2.24) is 0 Å². The van der Waals surface area contributed by atoms with Crippen LogP contribution in [-0.4, -0.2) is 0 Å². The average Bonchev–Trinajstić information content (AvgIpc) is 1.83. The van der Waals surface area contributed by atoms with Gasteiger partial charge in [-0.15, -0.1) is 0 Å². The van der Waals surface area contributed by atoms with E-state index in [-0.39, 0.29) is 0 Å². The standard InChI is InChI=1S/C34H26.2C28H30/c1-21-6-8-27-17-29-12-10-25(19-33(29)31(27)14-21)23-4-3-5-24(16-23)26-11-13-30-18-28-9-7-22(2)15-32(28)34(30)20-26;2*1-7-11-15-23(8-2)24(9-3)19-25(10-4)26-18-17-22(6)28(20-26)27-16-13-12-14-21(27)5/h3-16,19-20H,17-18H2,1-2H3;2*7-20H,2,4H2,1,3,5-6H3/b;2*11-7-,23-15+,24-9+,25-19+. The fourth-order valence-electron chi connectivity index (χ4n) is 12.2. The summed E-state index contributed by atoms with van der Waals surface area (Å²) in [5.41, 5.74) is 38.3. The largest absolute Gasteiger partial charge is 0.0984 e. The van der Waals surface area contributed by atoms with Crippen molar-refractivity contribution in [2.75, 3.05) is 0 Å². The van der Waals surface area contributed by atoms with E-state index in [1.807, 2.05) is 76.3 Å². The zero-order chi connectivity index (χ0) is 63.8. The summed E-state index contributed by atoms with van der Waals surface area (Å²) in [5.74, 6) is 0. The molecule has 2 aliphatic carbocycles. The van der Waals surface area contributed by atoms with Gasteiger partial charge in [0.1, 0.15) is 0 Å². The molecular formula is C90H86. The number of hydrogen-bond acceptors (Lipinski definition) is 0. The molecule has 0 atom stereocenters. The summed E-state index contributed by atoms with van der Waals surface area (Å²) in [5, 5.41) is 0. The average molecular weight is 1170 g/mol. The van der Waals surface area contributed by atoms with Gasteiger partial charge in [0, 0.05) is 0 Å². The summed E-state index contributed by atoms with van der Waals surface area (Å²) in [7, 11) is 0. The van der Waals surface area contributed by atoms with Gasteiger partial charge in [0.05, 0.1) is 0 Å². The minimum Gasteiger partial charge on any atom is -0.0984 e. The topological polar surface area (TPSA) is 0 Å². The van der Waals surface area contributed by atoms with Gasteiger partial charge in [0.25, 0.3) is 0 Å². The second-order valence-corrected chi connectivity index (χ2v) is 23.5. The summed E-state index contributed by atoms with van der Waals surface area (Å²) in [6, 6.07) is 67.0. The predicted molar refractivity (Wildman–Crippen MR) is 396 cm³/mol. The monoisotopic (exact) mass is 1170 g/mol. The van der Waals surface area contributed by atoms with Crippen LogP contribution in [0.3, 0.4) is 0 Å². The molecule has 0 spiro atoms. The van der Waals surface area contributed by atoms with Crippen molar-refractivity contribution in [3.8, 4) is 66.8 Å². The lowest BCUT2D eigenvalue weighted by Crippen LogP contribution is -1.91. The van der Waals surface area contributed by atoms with Crippen LogP contribution in [-0.2, 0) is 12.8 Å². The Bertz CT molecular complexity index is 4170. The molecule has 11 rings (SSSR count). The van der Waals surface area contributed by atoms with Gasteiger partial charge in [-0.25, -0.2) is 0 Å². The Balaban J connectivity index is 0.000000162. The molecule has 0 heteroatoms. The molecule has 0 unspecified atom stereocenters. The molecule has 9 aromatic rings. The van der Waals surface area contributed by atoms with E-state index in [9.17, 15) is 0 Å². The summed E-state index contributed by atoms with van der Waals surface area (Å²) >= 11 is 0. The zero-order valence-corrected chi connectivity index (χ0v) is 54.6. The van der Waals surface area contributed by atoms with Crippen molar-refractivity contribution in [1.29, 1.82) is 0 Å². The normalized spacial score (nSPS) is 13.0. The first kappa shape index (κ1) is 64.3. The Hall–Kier alpha value is -10.1. The minimum absolute atomic E-state index is 1.04. The van der Waals surface area contributed by atoms with Crippen molar-refractivity contribution in [2.24, 2.45) is 0 Å². The highest BCUT2D eigenvalue weighted by Gasteiger charge is 2.21. The van der Waals surface area contributed by atoms with Gasteiger partial charge in [-0.2, -0.15) is 0 Å². The molecular weight excluding hydrogens is 1080 g/mol. The highest BCUT2D eigenvalue weighted by Crippen LogP contribution is 2.43. The quantitative estimate of drug-likeness (QED) is 0.0846. The third-order valence-corrected chi connectivity index (χ3v) is 17.4. The summed E-state index contributed by atoms with van der Waals surface area (Å²) < 4.78 is 0. The molecule has 0 saturated carbocycles. The molecule has 0 saturated heterocycles. The first-order chi connectivity index (χ1) is 43.7. The molecule has 0 fully saturated rings. The smallest absolute Gasteiger partial charge is 0.00134 e. The molecule has 2 aliphatic rings. The lowest BCUT2D eigenvalue weighted by Gasteiger charge is -2.13. The molecule has 0 amide bonds. The van der Waals surface area contributed by atoms with Crippen LogP contribution in [0.2, 0.25) is 0 Å². The molecule has 0 nitrogen and oxygen atoms in total. The third-order valence-electron chi connectivity index (χ3n) is 17.4. The van der Waals surface area contributed by atoms with Crippen molar-refractivity contribution in [2.45, 2.75) is 82.1 Å². The van der Waals surface area contributed by atoms with Gasteiger partial charge in [0.2, 0.25) is 0 Å². The van der Waals surface area contributed by atoms with E-state index in [0.717, 1.165) is 57.4 Å². The molecule has 9 aromatic carbocycles. The van der Waals surface area contributed by atoms with E-state index in [0.29, 0.717) is 0 Å². The number of fused-ring (bicyclic) bond motifs is 6. The van der Waals surface area contributed by atoms with Crippen molar-refractivity contribution in [3.05, 3.63) is 382 Å². The van der Waals surface area contributed by atoms with Crippen LogP contribution in [0.5, 0.6) is 0 Å². The van der Waals surface area contributed by atoms with Gasteiger partial charge in [0.15, 0.2) is 0 Å². The van der Waals surface area contributed by atoms with Gasteiger partial charge in [-0.05, 0) is 280 Å². The maximum Gasteiger partial charge on any atom is -0.00134 e. The second kappa shape index (κ2) is 30.2. The molecule has 0 bridgehead atoms. The van der Waals surface area contributed by atoms with E-state index in [1.165, 1.54) is 122 Å². The summed E-state index contributed by atoms with van der Waals surface area (Å²) in [4.78, 5) is 0. The van der Waals surface area contributed by atoms with Crippen LogP contribution < -0.4 is 0 Å². The van der Waals surface area contributed by atoms with E-state index < -0.39 is 0 Å². The molecule has 90 heavy (non-hydrogen) atoms. The van der Waals surface area contributed by atoms with E-state index in [1.54, 1.807) is 0 Å². The molecule has 0 radical (unpaired) electrons. The lowest BCUT2D eigenvalue weighted by atomic mass is 9.91. The van der Waals surface area contributed by atoms with Crippen LogP contribution in [0.1, 0.15) is 94.5 Å². The Morgan fingerprint density at radius 3 is 1.04 bits per heavy atom. The number of allylic oxidation sites excluding steroid dienone is 20. The fourth-order valence-corrected chi connectivity index (χ4v) is 12.2. The van der Waals surface area contributed by atoms with Crippen LogP contribution >= 0.6 is 0 Å². The maximum atomic E-state index is 4.06. The van der Waals surface area contributed by atoms with Crippen LogP contribution in [0.4, 0.5) is 0 Å². The van der Waals surface area contributed by atoms with Crippen LogP contribution in [0.25, 0.3) is 77.9 Å². The molecule has 0 aromatic heterocycles. The van der Waals surface area contributed by atoms with E-state index in [4.69, 9.17) is 0 Å². The van der Waals surface area contributed by atoms with Gasteiger partial charge in [-0.1, -0.05) is 262 Å². The van der Waals surface area contributed by atoms with Gasteiger partial charge in [-0.3, -0.25) is 0 Å². The number of benzene rings is 9. The van der Waals surface area contributed by atoms with Crippen molar-refractivity contribution in [3.63, 3.8) is 0 Å². The van der Waals surface area contributed by atoms with Crippen molar-refractivity contribution < 1.29 is 0 Å². The molecule has 0 aliphatic heterocycles. The summed E-state index contributed by atoms with van der Waals surface area (Å²) in [6.07, 6.45) is 30.5. The van der Waals surface area contributed by atoms with Crippen LogP contribution in [0, 0.1) is 41.5 Å². The van der Waals surface area contributed by atoms with E-state index >= 15 is 0 Å². The second-order valence-electron chi connectivity index (χ2n) is 23.5. The van der Waals surface area contributed by atoms with Crippen LogP contribution in [0.15, 0.2) is 316 Å². The summed E-state index contributed by atoms with van der Waals surface area (Å²) in [6.45, 7) is 37.2. The Morgan fingerprint density at radius 2 is 0.678 bits per heavy atom. The third kappa shape index (κ3) is 14.9. The molecule has 0 N–H and O–H groups in total. The van der Waals surface area contributed by atoms with E-state index in [2.05, 4.69) is 286 Å². The SMILES string of the molecule is C=CC(=C\C=C/C)/C(=C/C)/C=C(\C=C)c1ccc(C)c(-c2ccccc2C)c1.C=CC(=C\C=C/C)/C(=C/C)/C=C(\C=C)c1ccc(C)c(-c2ccccc2C)c1.Cc1ccc2c(c1)-c1cc(-c3cccc(-c4ccc5c(c4)-c4cc(C)ccc4C5)c3)ccc1C2. The first-order valence-electron chi connectivity index (χ1n) is 31.6. The Labute approximate surface area is 539 Å². The fraction of sp³-hybridized carbons (Fsp3) is 0.133. The van der Waals surface area contributed by atoms with Crippen molar-refractivity contribution >= 4 is 11.1 Å². The number of rotatable bonds is 16. The minimum atomic E-state index is 1.04. The van der Waals surface area contributed by atoms with Gasteiger partial charge < -0.3 is 0 Å². The number of hydrogen-bond donors (Lipinski definition) is 0. The first-order valence-corrected chi connectivity index (χ1v) is 31.6. The highest BCUT2D eigenvalue weighted by atomic mass is 14.3. The van der Waals surface area contributed by atoms with Gasteiger partial charge >= 0.3 is 0 Å². The molecule has 0 heterocycles. The lowest BCUT2D eigenvalue weighted by molar-refractivity contribution is 1.26. The highest BCUT2D eigenvalue weighted by molar-refractivity contribution is 5.87. The maximum absolute atomic E-state index is 4.06.